The molecule has 0 fully saturated rings. The monoisotopic (exact) mass is 409 g/mol. The first-order valence-corrected chi connectivity index (χ1v) is 10.3. The number of nitrogens with zero attached hydrogens (tertiary/aromatic N) is 4. The van der Waals surface area contributed by atoms with Gasteiger partial charge in [0.2, 0.25) is 5.91 Å². The second-order valence-electron chi connectivity index (χ2n) is 6.43. The first-order valence-electron chi connectivity index (χ1n) is 9.45. The molecule has 0 bridgehead atoms. The first-order chi connectivity index (χ1) is 14.0. The summed E-state index contributed by atoms with van der Waals surface area (Å²) in [5.41, 5.74) is 2.05. The van der Waals surface area contributed by atoms with Crippen LogP contribution in [0, 0.1) is 0 Å². The molecule has 1 aromatic carbocycles. The standard InChI is InChI=1S/C21H23N5O2S/c1-4-18(20(28)23-17-10-6-8-15(12-17)14(3)27)29-21-25-24-19(26(21)5-2)16-9-7-11-22-13-16/h6-13,18H,4-5H2,1-3H3,(H,23,28)/t18-/m1/s1. The van der Waals surface area contributed by atoms with Crippen LogP contribution in [-0.2, 0) is 11.3 Å². The van der Waals surface area contributed by atoms with Gasteiger partial charge in [0.1, 0.15) is 0 Å². The van der Waals surface area contributed by atoms with Gasteiger partial charge in [0.15, 0.2) is 16.8 Å². The number of pyridine rings is 1. The van der Waals surface area contributed by atoms with Crippen molar-refractivity contribution < 1.29 is 9.59 Å². The van der Waals surface area contributed by atoms with Crippen molar-refractivity contribution in [2.45, 2.75) is 44.1 Å². The van der Waals surface area contributed by atoms with Crippen molar-refractivity contribution in [1.29, 1.82) is 0 Å². The topological polar surface area (TPSA) is 89.8 Å². The maximum Gasteiger partial charge on any atom is 0.237 e. The summed E-state index contributed by atoms with van der Waals surface area (Å²) in [5.74, 6) is 0.556. The number of nitrogens with one attached hydrogen (secondary N) is 1. The molecule has 0 aliphatic rings. The van der Waals surface area contributed by atoms with Crippen LogP contribution in [0.25, 0.3) is 11.4 Å². The summed E-state index contributed by atoms with van der Waals surface area (Å²) < 4.78 is 1.98. The van der Waals surface area contributed by atoms with E-state index in [1.54, 1.807) is 36.7 Å². The van der Waals surface area contributed by atoms with Gasteiger partial charge in [-0.25, -0.2) is 0 Å². The fourth-order valence-electron chi connectivity index (χ4n) is 2.86. The number of aromatic nitrogens is 4. The fourth-order valence-corrected chi connectivity index (χ4v) is 3.88. The molecule has 0 saturated carbocycles. The van der Waals surface area contributed by atoms with Crippen molar-refractivity contribution in [3.05, 3.63) is 54.4 Å². The second kappa shape index (κ2) is 9.47. The Morgan fingerprint density at radius 3 is 2.66 bits per heavy atom. The maximum absolute atomic E-state index is 12.8. The predicted molar refractivity (Wildman–Crippen MR) is 114 cm³/mol. The summed E-state index contributed by atoms with van der Waals surface area (Å²) in [6, 6.07) is 10.7. The molecule has 0 radical (unpaired) electrons. The molecular formula is C21H23N5O2S. The van der Waals surface area contributed by atoms with Crippen LogP contribution in [0.2, 0.25) is 0 Å². The van der Waals surface area contributed by atoms with Crippen LogP contribution < -0.4 is 5.32 Å². The Labute approximate surface area is 174 Å². The van der Waals surface area contributed by atoms with Crippen molar-refractivity contribution in [3.8, 4) is 11.4 Å². The van der Waals surface area contributed by atoms with Gasteiger partial charge in [-0.3, -0.25) is 14.6 Å². The number of carbonyl (C=O) groups excluding carboxylic acids is 2. The van der Waals surface area contributed by atoms with Crippen molar-refractivity contribution in [1.82, 2.24) is 19.7 Å². The highest BCUT2D eigenvalue weighted by Crippen LogP contribution is 2.28. The summed E-state index contributed by atoms with van der Waals surface area (Å²) in [6.45, 7) is 6.15. The molecule has 2 heterocycles. The van der Waals surface area contributed by atoms with E-state index in [0.29, 0.717) is 29.4 Å². The van der Waals surface area contributed by atoms with Crippen molar-refractivity contribution in [2.75, 3.05) is 5.32 Å². The number of carbonyl (C=O) groups is 2. The van der Waals surface area contributed by atoms with Gasteiger partial charge in [0.05, 0.1) is 5.25 Å². The lowest BCUT2D eigenvalue weighted by Gasteiger charge is -2.15. The zero-order chi connectivity index (χ0) is 20.8. The Morgan fingerprint density at radius 2 is 2.00 bits per heavy atom. The molecular weight excluding hydrogens is 386 g/mol. The van der Waals surface area contributed by atoms with E-state index in [0.717, 1.165) is 11.4 Å². The average Bonchev–Trinajstić information content (AvgIpc) is 3.15. The third kappa shape index (κ3) is 4.89. The van der Waals surface area contributed by atoms with E-state index < -0.39 is 0 Å². The van der Waals surface area contributed by atoms with Gasteiger partial charge >= 0.3 is 0 Å². The van der Waals surface area contributed by atoms with Crippen LogP contribution in [0.1, 0.15) is 37.6 Å². The summed E-state index contributed by atoms with van der Waals surface area (Å²) in [7, 11) is 0. The molecule has 29 heavy (non-hydrogen) atoms. The fraction of sp³-hybridized carbons (Fsp3) is 0.286. The number of rotatable bonds is 8. The minimum absolute atomic E-state index is 0.0403. The predicted octanol–water partition coefficient (Wildman–Crippen LogP) is 4.07. The van der Waals surface area contributed by atoms with Crippen LogP contribution in [0.5, 0.6) is 0 Å². The van der Waals surface area contributed by atoms with Gasteiger partial charge in [0, 0.05) is 35.8 Å². The molecule has 1 N–H and O–H groups in total. The Hall–Kier alpha value is -3.00. The Bertz CT molecular complexity index is 1000. The number of thioether (sulfide) groups is 1. The van der Waals surface area contributed by atoms with Crippen LogP contribution in [-0.4, -0.2) is 36.7 Å². The largest absolute Gasteiger partial charge is 0.325 e. The SMILES string of the molecule is CC[C@@H](Sc1nnc(-c2cccnc2)n1CC)C(=O)Nc1cccc(C(C)=O)c1. The molecule has 0 aliphatic carbocycles. The molecule has 0 spiro atoms. The molecule has 150 valence electrons. The number of Topliss-reactive ketones (excluding diaryl/α,β-unsaturated/α-hetero) is 1. The summed E-state index contributed by atoms with van der Waals surface area (Å²) in [4.78, 5) is 28.5. The van der Waals surface area contributed by atoms with Crippen molar-refractivity contribution in [2.24, 2.45) is 0 Å². The third-order valence-electron chi connectivity index (χ3n) is 4.40. The van der Waals surface area contributed by atoms with Crippen LogP contribution >= 0.6 is 11.8 Å². The van der Waals surface area contributed by atoms with E-state index in [1.165, 1.54) is 18.7 Å². The van der Waals surface area contributed by atoms with E-state index in [9.17, 15) is 9.59 Å². The Balaban J connectivity index is 1.78. The van der Waals surface area contributed by atoms with Crippen LogP contribution in [0.15, 0.2) is 53.9 Å². The van der Waals surface area contributed by atoms with Gasteiger partial charge in [-0.2, -0.15) is 0 Å². The quantitative estimate of drug-likeness (QED) is 0.445. The van der Waals surface area contributed by atoms with Gasteiger partial charge in [-0.1, -0.05) is 30.8 Å². The second-order valence-corrected chi connectivity index (χ2v) is 7.60. The highest BCUT2D eigenvalue weighted by molar-refractivity contribution is 8.00. The summed E-state index contributed by atoms with van der Waals surface area (Å²) in [5, 5.41) is 11.9. The number of benzene rings is 1. The van der Waals surface area contributed by atoms with Gasteiger partial charge in [-0.15, -0.1) is 10.2 Å². The number of hydrogen-bond acceptors (Lipinski definition) is 6. The molecule has 0 aliphatic heterocycles. The van der Waals surface area contributed by atoms with Crippen molar-refractivity contribution >= 4 is 29.1 Å². The zero-order valence-electron chi connectivity index (χ0n) is 16.6. The average molecular weight is 410 g/mol. The van der Waals surface area contributed by atoms with Crippen LogP contribution in [0.4, 0.5) is 5.69 Å². The molecule has 1 amide bonds. The summed E-state index contributed by atoms with van der Waals surface area (Å²) in [6.07, 6.45) is 4.09. The van der Waals surface area contributed by atoms with E-state index in [4.69, 9.17) is 0 Å². The van der Waals surface area contributed by atoms with Gasteiger partial charge in [0.25, 0.3) is 0 Å². The highest BCUT2D eigenvalue weighted by Gasteiger charge is 2.23. The van der Waals surface area contributed by atoms with E-state index in [2.05, 4.69) is 20.5 Å². The number of amides is 1. The van der Waals surface area contributed by atoms with Crippen molar-refractivity contribution in [3.63, 3.8) is 0 Å². The highest BCUT2D eigenvalue weighted by atomic mass is 32.2. The lowest BCUT2D eigenvalue weighted by atomic mass is 10.1. The zero-order valence-corrected chi connectivity index (χ0v) is 17.4. The third-order valence-corrected chi connectivity index (χ3v) is 5.75. The minimum Gasteiger partial charge on any atom is -0.325 e. The molecule has 0 saturated heterocycles. The van der Waals surface area contributed by atoms with E-state index in [-0.39, 0.29) is 16.9 Å². The molecule has 7 nitrogen and oxygen atoms in total. The molecule has 3 aromatic rings. The molecule has 0 unspecified atom stereocenters. The molecule has 3 rings (SSSR count). The number of ketones is 1. The van der Waals surface area contributed by atoms with Gasteiger partial charge < -0.3 is 9.88 Å². The lowest BCUT2D eigenvalue weighted by molar-refractivity contribution is -0.115. The number of hydrogen-bond donors (Lipinski definition) is 1. The van der Waals surface area contributed by atoms with E-state index in [1.807, 2.05) is 30.5 Å². The van der Waals surface area contributed by atoms with E-state index >= 15 is 0 Å². The normalized spacial score (nSPS) is 11.8. The minimum atomic E-state index is -0.341. The Kier molecular flexibility index (Phi) is 6.77. The Morgan fingerprint density at radius 1 is 1.17 bits per heavy atom. The smallest absolute Gasteiger partial charge is 0.237 e. The number of anilines is 1. The lowest BCUT2D eigenvalue weighted by Crippen LogP contribution is -2.25. The van der Waals surface area contributed by atoms with Crippen LogP contribution in [0.3, 0.4) is 0 Å². The van der Waals surface area contributed by atoms with Gasteiger partial charge in [-0.05, 0) is 44.5 Å². The summed E-state index contributed by atoms with van der Waals surface area (Å²) >= 11 is 1.38. The molecule has 8 heteroatoms. The maximum atomic E-state index is 12.8. The molecule has 1 atom stereocenters. The first kappa shape index (κ1) is 20.7. The molecule has 2 aromatic heterocycles.